The van der Waals surface area contributed by atoms with Crippen LogP contribution in [0.5, 0.6) is 0 Å². The molecular weight excluding hydrogens is 386 g/mol. The van der Waals surface area contributed by atoms with Crippen molar-refractivity contribution < 1.29 is 14.0 Å². The minimum atomic E-state index is -0.187. The topological polar surface area (TPSA) is 78.3 Å². The number of fused-ring (bicyclic) bond motifs is 2. The van der Waals surface area contributed by atoms with Crippen LogP contribution in [0.25, 0.3) is 10.9 Å². The Morgan fingerprint density at radius 3 is 2.93 bits per heavy atom. The molecule has 1 aliphatic heterocycles. The maximum Gasteiger partial charge on any atom is 0.255 e. The Morgan fingerprint density at radius 2 is 2.07 bits per heavy atom. The molecule has 0 fully saturated rings. The van der Waals surface area contributed by atoms with Crippen LogP contribution in [0.4, 0.5) is 11.4 Å². The minimum absolute atomic E-state index is 0.0231. The van der Waals surface area contributed by atoms with Crippen LogP contribution in [0.1, 0.15) is 16.1 Å². The van der Waals surface area contributed by atoms with Gasteiger partial charge < -0.3 is 19.6 Å². The zero-order chi connectivity index (χ0) is 19.8. The second-order valence-electron chi connectivity index (χ2n) is 6.73. The van der Waals surface area contributed by atoms with Gasteiger partial charge in [0, 0.05) is 27.6 Å². The predicted molar refractivity (Wildman–Crippen MR) is 113 cm³/mol. The number of rotatable bonds is 4. The Kier molecular flexibility index (Phi) is 4.37. The molecule has 2 amide bonds. The fourth-order valence-corrected chi connectivity index (χ4v) is 4.42. The first-order chi connectivity index (χ1) is 14.2. The van der Waals surface area contributed by atoms with Gasteiger partial charge in [-0.2, -0.15) is 0 Å². The van der Waals surface area contributed by atoms with Crippen molar-refractivity contribution in [3.05, 3.63) is 78.4 Å². The highest BCUT2D eigenvalue weighted by atomic mass is 32.2. The molecule has 4 aromatic rings. The second-order valence-corrected chi connectivity index (χ2v) is 7.75. The fraction of sp³-hybridized carbons (Fsp3) is 0.0909. The maximum atomic E-state index is 12.8. The van der Waals surface area contributed by atoms with Gasteiger partial charge in [0.05, 0.1) is 29.9 Å². The minimum Gasteiger partial charge on any atom is -0.467 e. The van der Waals surface area contributed by atoms with Crippen molar-refractivity contribution in [1.82, 2.24) is 4.98 Å². The highest BCUT2D eigenvalue weighted by molar-refractivity contribution is 8.00. The lowest BCUT2D eigenvalue weighted by Crippen LogP contribution is -2.34. The van der Waals surface area contributed by atoms with Crippen molar-refractivity contribution >= 4 is 45.9 Å². The molecule has 0 bridgehead atoms. The lowest BCUT2D eigenvalue weighted by molar-refractivity contribution is -0.116. The number of aromatic nitrogens is 1. The molecule has 7 heteroatoms. The molecule has 0 saturated carbocycles. The number of H-pyrrole nitrogens is 1. The van der Waals surface area contributed by atoms with E-state index in [-0.39, 0.29) is 11.8 Å². The number of anilines is 2. The van der Waals surface area contributed by atoms with E-state index in [4.69, 9.17) is 4.42 Å². The highest BCUT2D eigenvalue weighted by Crippen LogP contribution is 2.37. The Bertz CT molecular complexity index is 1210. The molecule has 6 nitrogen and oxygen atoms in total. The van der Waals surface area contributed by atoms with Crippen molar-refractivity contribution in [3.8, 4) is 0 Å². The van der Waals surface area contributed by atoms with Crippen molar-refractivity contribution in [2.75, 3.05) is 16.0 Å². The number of furan rings is 1. The standard InChI is InChI=1S/C22H17N3O3S/c26-21-13-29-20-10-14(7-8-19(20)25(21)12-15-4-3-9-28-15)22(27)24-18-11-23-17-6-2-1-5-16(17)18/h1-11,23H,12-13H2,(H,24,27). The quantitative estimate of drug-likeness (QED) is 0.520. The van der Waals surface area contributed by atoms with Gasteiger partial charge in [0.25, 0.3) is 5.91 Å². The van der Waals surface area contributed by atoms with Crippen molar-refractivity contribution in [3.63, 3.8) is 0 Å². The molecular formula is C22H17N3O3S. The van der Waals surface area contributed by atoms with Gasteiger partial charge in [-0.1, -0.05) is 18.2 Å². The SMILES string of the molecule is O=C(Nc1c[nH]c2ccccc12)c1ccc2c(c1)SCC(=O)N2Cc1ccco1. The zero-order valence-electron chi connectivity index (χ0n) is 15.3. The Morgan fingerprint density at radius 1 is 1.17 bits per heavy atom. The first-order valence-corrected chi connectivity index (χ1v) is 10.1. The number of carbonyl (C=O) groups is 2. The van der Waals surface area contributed by atoms with E-state index in [1.54, 1.807) is 29.5 Å². The average Bonchev–Trinajstić information content (AvgIpc) is 3.40. The molecule has 2 aromatic carbocycles. The molecule has 0 unspecified atom stereocenters. The summed E-state index contributed by atoms with van der Waals surface area (Å²) in [6.07, 6.45) is 3.39. The Hall–Kier alpha value is -3.45. The molecule has 0 saturated heterocycles. The van der Waals surface area contributed by atoms with E-state index in [0.717, 1.165) is 32.9 Å². The highest BCUT2D eigenvalue weighted by Gasteiger charge is 2.26. The molecule has 2 aromatic heterocycles. The predicted octanol–water partition coefficient (Wildman–Crippen LogP) is 4.65. The number of hydrogen-bond acceptors (Lipinski definition) is 4. The molecule has 0 atom stereocenters. The molecule has 5 rings (SSSR count). The number of hydrogen-bond donors (Lipinski definition) is 2. The first-order valence-electron chi connectivity index (χ1n) is 9.16. The average molecular weight is 403 g/mol. The van der Waals surface area contributed by atoms with E-state index in [1.807, 2.05) is 42.5 Å². The van der Waals surface area contributed by atoms with E-state index in [0.29, 0.717) is 17.9 Å². The van der Waals surface area contributed by atoms with Gasteiger partial charge >= 0.3 is 0 Å². The fourth-order valence-electron chi connectivity index (χ4n) is 3.45. The smallest absolute Gasteiger partial charge is 0.255 e. The maximum absolute atomic E-state index is 12.8. The van der Waals surface area contributed by atoms with E-state index < -0.39 is 0 Å². The molecule has 3 heterocycles. The monoisotopic (exact) mass is 403 g/mol. The van der Waals surface area contributed by atoms with Crippen molar-refractivity contribution in [2.24, 2.45) is 0 Å². The van der Waals surface area contributed by atoms with E-state index in [1.165, 1.54) is 11.8 Å². The summed E-state index contributed by atoms with van der Waals surface area (Å²) in [5.41, 5.74) is 3.06. The summed E-state index contributed by atoms with van der Waals surface area (Å²) < 4.78 is 5.39. The van der Waals surface area contributed by atoms with Crippen LogP contribution < -0.4 is 10.2 Å². The molecule has 0 radical (unpaired) electrons. The molecule has 0 spiro atoms. The van der Waals surface area contributed by atoms with E-state index in [2.05, 4.69) is 10.3 Å². The number of para-hydroxylation sites is 1. The summed E-state index contributed by atoms with van der Waals surface area (Å²) in [5, 5.41) is 3.93. The summed E-state index contributed by atoms with van der Waals surface area (Å²) in [6.45, 7) is 0.375. The molecule has 0 aliphatic carbocycles. The Balaban J connectivity index is 1.41. The van der Waals surface area contributed by atoms with Gasteiger partial charge in [-0.25, -0.2) is 0 Å². The summed E-state index contributed by atoms with van der Waals surface area (Å²) in [5.74, 6) is 0.890. The molecule has 144 valence electrons. The Labute approximate surface area is 170 Å². The van der Waals surface area contributed by atoms with Crippen LogP contribution in [0.15, 0.2) is 76.4 Å². The number of nitrogens with zero attached hydrogens (tertiary/aromatic N) is 1. The van der Waals surface area contributed by atoms with E-state index in [9.17, 15) is 9.59 Å². The summed E-state index contributed by atoms with van der Waals surface area (Å²) in [7, 11) is 0. The van der Waals surface area contributed by atoms with Gasteiger partial charge in [-0.15, -0.1) is 11.8 Å². The summed E-state index contributed by atoms with van der Waals surface area (Å²) in [4.78, 5) is 31.0. The number of carbonyl (C=O) groups excluding carboxylic acids is 2. The molecule has 1 aliphatic rings. The second kappa shape index (κ2) is 7.18. The van der Waals surface area contributed by atoms with Crippen molar-refractivity contribution in [2.45, 2.75) is 11.4 Å². The van der Waals surface area contributed by atoms with Crippen LogP contribution in [-0.2, 0) is 11.3 Å². The lowest BCUT2D eigenvalue weighted by atomic mass is 10.1. The van der Waals surface area contributed by atoms with Gasteiger partial charge in [0.1, 0.15) is 5.76 Å². The van der Waals surface area contributed by atoms with Gasteiger partial charge in [0.15, 0.2) is 0 Å². The summed E-state index contributed by atoms with van der Waals surface area (Å²) in [6, 6.07) is 16.9. The normalized spacial score (nSPS) is 13.5. The number of thioether (sulfide) groups is 1. The third-order valence-electron chi connectivity index (χ3n) is 4.90. The van der Waals surface area contributed by atoms with Crippen LogP contribution in [0.2, 0.25) is 0 Å². The van der Waals surface area contributed by atoms with E-state index >= 15 is 0 Å². The number of nitrogens with one attached hydrogen (secondary N) is 2. The molecule has 2 N–H and O–H groups in total. The number of benzene rings is 2. The zero-order valence-corrected chi connectivity index (χ0v) is 16.2. The largest absolute Gasteiger partial charge is 0.467 e. The lowest BCUT2D eigenvalue weighted by Gasteiger charge is -2.28. The third-order valence-corrected chi connectivity index (χ3v) is 5.93. The van der Waals surface area contributed by atoms with Crippen LogP contribution in [-0.4, -0.2) is 22.6 Å². The third kappa shape index (κ3) is 3.30. The van der Waals surface area contributed by atoms with Crippen LogP contribution in [0.3, 0.4) is 0 Å². The summed E-state index contributed by atoms with van der Waals surface area (Å²) >= 11 is 1.45. The number of amides is 2. The van der Waals surface area contributed by atoms with Crippen LogP contribution in [0, 0.1) is 0 Å². The number of aromatic amines is 1. The van der Waals surface area contributed by atoms with Gasteiger partial charge in [-0.05, 0) is 36.4 Å². The first kappa shape index (κ1) is 17.6. The van der Waals surface area contributed by atoms with Gasteiger partial charge in [0.2, 0.25) is 5.91 Å². The van der Waals surface area contributed by atoms with Crippen LogP contribution >= 0.6 is 11.8 Å². The molecule has 29 heavy (non-hydrogen) atoms. The van der Waals surface area contributed by atoms with Crippen molar-refractivity contribution in [1.29, 1.82) is 0 Å². The van der Waals surface area contributed by atoms with Gasteiger partial charge in [-0.3, -0.25) is 9.59 Å².